The first-order valence-corrected chi connectivity index (χ1v) is 9.44. The van der Waals surface area contributed by atoms with Gasteiger partial charge in [0.25, 0.3) is 0 Å². The van der Waals surface area contributed by atoms with Crippen molar-refractivity contribution in [2.75, 3.05) is 7.11 Å². The second-order valence-corrected chi connectivity index (χ2v) is 6.90. The molecule has 5 rings (SSSR count). The average Bonchev–Trinajstić information content (AvgIpc) is 3.36. The number of hydrogen-bond acceptors (Lipinski definition) is 5. The molecule has 0 saturated carbocycles. The number of halogens is 3. The number of hydrogen-bond donors (Lipinski definition) is 0. The van der Waals surface area contributed by atoms with Crippen LogP contribution >= 0.6 is 0 Å². The molecule has 0 fully saturated rings. The summed E-state index contributed by atoms with van der Waals surface area (Å²) in [4.78, 5) is 4.45. The quantitative estimate of drug-likeness (QED) is 0.395. The number of nitrogens with zero attached hydrogens (tertiary/aromatic N) is 5. The van der Waals surface area contributed by atoms with E-state index in [4.69, 9.17) is 4.74 Å². The molecule has 0 atom stereocenters. The fourth-order valence-corrected chi connectivity index (χ4v) is 3.48. The van der Waals surface area contributed by atoms with Crippen molar-refractivity contribution >= 4 is 0 Å². The third-order valence-electron chi connectivity index (χ3n) is 4.92. The molecule has 1 aliphatic heterocycles. The lowest BCUT2D eigenvalue weighted by Crippen LogP contribution is -2.16. The lowest BCUT2D eigenvalue weighted by atomic mass is 10.1. The Kier molecular flexibility index (Phi) is 4.59. The minimum Gasteiger partial charge on any atom is -0.497 e. The molecule has 160 valence electrons. The average molecular weight is 437 g/mol. The maximum absolute atomic E-state index is 12.3. The highest BCUT2D eigenvalue weighted by Crippen LogP contribution is 2.31. The van der Waals surface area contributed by atoms with Crippen molar-refractivity contribution in [1.82, 2.24) is 24.5 Å². The summed E-state index contributed by atoms with van der Waals surface area (Å²) < 4.78 is 49.9. The first-order valence-electron chi connectivity index (χ1n) is 9.44. The van der Waals surface area contributed by atoms with Crippen LogP contribution < -0.4 is 9.47 Å². The number of alkyl halides is 3. The normalized spacial score (nSPS) is 12.0. The molecule has 0 aliphatic carbocycles. The van der Waals surface area contributed by atoms with Gasteiger partial charge in [0.1, 0.15) is 23.5 Å². The van der Waals surface area contributed by atoms with Crippen molar-refractivity contribution in [1.29, 1.82) is 0 Å². The molecule has 0 spiro atoms. The number of fused-ring (bicyclic) bond motifs is 5. The molecular weight excluding hydrogens is 423 g/mol. The van der Waals surface area contributed by atoms with Gasteiger partial charge in [-0.3, -0.25) is 4.57 Å². The first kappa shape index (κ1) is 19.7. The van der Waals surface area contributed by atoms with Crippen molar-refractivity contribution in [2.45, 2.75) is 12.8 Å². The zero-order valence-electron chi connectivity index (χ0n) is 16.6. The maximum Gasteiger partial charge on any atom is 0.573 e. The molecule has 0 bridgehead atoms. The molecule has 10 heteroatoms. The van der Waals surface area contributed by atoms with Gasteiger partial charge < -0.3 is 9.47 Å². The number of methoxy groups -OCH3 is 1. The maximum atomic E-state index is 12.3. The van der Waals surface area contributed by atoms with Gasteiger partial charge in [-0.2, -0.15) is 0 Å². The molecule has 0 amide bonds. The van der Waals surface area contributed by atoms with Gasteiger partial charge in [-0.05, 0) is 42.3 Å². The molecule has 0 radical (unpaired) electrons. The molecule has 4 aromatic rings. The predicted molar refractivity (Wildman–Crippen MR) is 107 cm³/mol. The SMILES string of the molecule is COc1ccc2c(c1)-n1nncc1Cc1c(C#Cc3ccc(OC(F)(F)F)cc3)ncn1-2. The third-order valence-corrected chi connectivity index (χ3v) is 4.92. The highest BCUT2D eigenvalue weighted by Gasteiger charge is 2.31. The number of imidazole rings is 1. The fraction of sp³-hybridized carbons (Fsp3) is 0.136. The summed E-state index contributed by atoms with van der Waals surface area (Å²) in [5.41, 5.74) is 4.44. The molecule has 7 nitrogen and oxygen atoms in total. The van der Waals surface area contributed by atoms with E-state index in [1.54, 1.807) is 24.3 Å². The van der Waals surface area contributed by atoms with Gasteiger partial charge >= 0.3 is 6.36 Å². The second-order valence-electron chi connectivity index (χ2n) is 6.90. The fourth-order valence-electron chi connectivity index (χ4n) is 3.48. The molecule has 32 heavy (non-hydrogen) atoms. The van der Waals surface area contributed by atoms with Gasteiger partial charge in [-0.15, -0.1) is 18.3 Å². The number of benzene rings is 2. The molecule has 0 unspecified atom stereocenters. The second kappa shape index (κ2) is 7.46. The Morgan fingerprint density at radius 2 is 1.78 bits per heavy atom. The van der Waals surface area contributed by atoms with Crippen LogP contribution in [-0.4, -0.2) is 38.0 Å². The summed E-state index contributed by atoms with van der Waals surface area (Å²) in [6.45, 7) is 0. The van der Waals surface area contributed by atoms with E-state index in [0.717, 1.165) is 22.8 Å². The Labute approximate surface area is 180 Å². The van der Waals surface area contributed by atoms with E-state index in [2.05, 4.69) is 31.9 Å². The molecule has 0 saturated heterocycles. The van der Waals surface area contributed by atoms with Gasteiger partial charge in [0, 0.05) is 18.1 Å². The van der Waals surface area contributed by atoms with E-state index in [1.165, 1.54) is 24.3 Å². The van der Waals surface area contributed by atoms with E-state index >= 15 is 0 Å². The standard InChI is InChI=1S/C22H14F3N5O2/c1-31-17-7-9-19-21(11-17)30-15(12-27-28-30)10-20-18(26-13-29(19)20)8-4-14-2-5-16(6-3-14)32-22(23,24)25/h2-3,5-7,9,11-13H,10H2,1H3. The van der Waals surface area contributed by atoms with Gasteiger partial charge in [-0.1, -0.05) is 11.1 Å². The van der Waals surface area contributed by atoms with E-state index < -0.39 is 6.36 Å². The van der Waals surface area contributed by atoms with Crippen molar-refractivity contribution < 1.29 is 22.6 Å². The Morgan fingerprint density at radius 3 is 2.53 bits per heavy atom. The van der Waals surface area contributed by atoms with E-state index in [1.807, 2.05) is 22.8 Å². The van der Waals surface area contributed by atoms with Crippen LogP contribution in [0.1, 0.15) is 22.6 Å². The van der Waals surface area contributed by atoms with Crippen LogP contribution in [0.5, 0.6) is 11.5 Å². The Hall–Kier alpha value is -4.26. The monoisotopic (exact) mass is 437 g/mol. The van der Waals surface area contributed by atoms with E-state index in [9.17, 15) is 13.2 Å². The highest BCUT2D eigenvalue weighted by atomic mass is 19.4. The zero-order valence-corrected chi connectivity index (χ0v) is 16.6. The summed E-state index contributed by atoms with van der Waals surface area (Å²) >= 11 is 0. The predicted octanol–water partition coefficient (Wildman–Crippen LogP) is 3.66. The number of rotatable bonds is 2. The smallest absolute Gasteiger partial charge is 0.497 e. The van der Waals surface area contributed by atoms with Crippen molar-refractivity contribution in [3.8, 4) is 34.7 Å². The number of aromatic nitrogens is 5. The molecular formula is C22H14F3N5O2. The van der Waals surface area contributed by atoms with Crippen molar-refractivity contribution in [3.05, 3.63) is 77.6 Å². The van der Waals surface area contributed by atoms with Gasteiger partial charge in [-0.25, -0.2) is 9.67 Å². The molecule has 3 heterocycles. The molecule has 0 N–H and O–H groups in total. The molecule has 1 aliphatic rings. The Bertz CT molecular complexity index is 1360. The lowest BCUT2D eigenvalue weighted by Gasteiger charge is -2.11. The Morgan fingerprint density at radius 1 is 1.00 bits per heavy atom. The topological polar surface area (TPSA) is 67.0 Å². The summed E-state index contributed by atoms with van der Waals surface area (Å²) in [5.74, 6) is 6.36. The van der Waals surface area contributed by atoms with Crippen LogP contribution in [0.15, 0.2) is 55.0 Å². The van der Waals surface area contributed by atoms with Crippen LogP contribution in [0.3, 0.4) is 0 Å². The third kappa shape index (κ3) is 3.65. The van der Waals surface area contributed by atoms with E-state index in [0.29, 0.717) is 23.4 Å². The van der Waals surface area contributed by atoms with Crippen molar-refractivity contribution in [3.63, 3.8) is 0 Å². The summed E-state index contributed by atoms with van der Waals surface area (Å²) in [6, 6.07) is 11.0. The zero-order chi connectivity index (χ0) is 22.3. The van der Waals surface area contributed by atoms with Gasteiger partial charge in [0.15, 0.2) is 0 Å². The van der Waals surface area contributed by atoms with E-state index in [-0.39, 0.29) is 5.75 Å². The largest absolute Gasteiger partial charge is 0.573 e. The lowest BCUT2D eigenvalue weighted by molar-refractivity contribution is -0.274. The first-order chi connectivity index (χ1) is 15.4. The van der Waals surface area contributed by atoms with Crippen molar-refractivity contribution in [2.24, 2.45) is 0 Å². The van der Waals surface area contributed by atoms with Crippen LogP contribution in [0, 0.1) is 11.8 Å². The summed E-state index contributed by atoms with van der Waals surface area (Å²) in [7, 11) is 1.60. The van der Waals surface area contributed by atoms with Crippen LogP contribution in [0.25, 0.3) is 11.4 Å². The summed E-state index contributed by atoms with van der Waals surface area (Å²) in [5, 5.41) is 8.23. The Balaban J connectivity index is 1.52. The van der Waals surface area contributed by atoms with Gasteiger partial charge in [0.2, 0.25) is 0 Å². The van der Waals surface area contributed by atoms with Gasteiger partial charge in [0.05, 0.1) is 36.1 Å². The minimum atomic E-state index is -4.73. The highest BCUT2D eigenvalue weighted by molar-refractivity contribution is 5.59. The van der Waals surface area contributed by atoms with Crippen LogP contribution in [-0.2, 0) is 6.42 Å². The van der Waals surface area contributed by atoms with Crippen LogP contribution in [0.2, 0.25) is 0 Å². The molecule has 2 aromatic carbocycles. The number of ether oxygens (including phenoxy) is 2. The summed E-state index contributed by atoms with van der Waals surface area (Å²) in [6.07, 6.45) is -0.872. The minimum absolute atomic E-state index is 0.299. The molecule has 2 aromatic heterocycles. The van der Waals surface area contributed by atoms with Crippen LogP contribution in [0.4, 0.5) is 13.2 Å².